The van der Waals surface area contributed by atoms with Gasteiger partial charge in [-0.3, -0.25) is 9.59 Å². The van der Waals surface area contributed by atoms with Crippen molar-refractivity contribution in [2.45, 2.75) is 39.4 Å². The smallest absolute Gasteiger partial charge is 0.275 e. The van der Waals surface area contributed by atoms with Crippen LogP contribution in [0.1, 0.15) is 41.6 Å². The number of carbonyl (C=O) groups is 1. The van der Waals surface area contributed by atoms with Crippen LogP contribution in [-0.2, 0) is 6.54 Å². The van der Waals surface area contributed by atoms with Gasteiger partial charge in [0.1, 0.15) is 22.8 Å². The van der Waals surface area contributed by atoms with Crippen LogP contribution in [0.5, 0.6) is 0 Å². The number of carbonyl (C=O) groups excluding carboxylic acids is 1. The van der Waals surface area contributed by atoms with E-state index in [1.54, 1.807) is 34.1 Å². The maximum atomic E-state index is 13.8. The van der Waals surface area contributed by atoms with Gasteiger partial charge in [0.2, 0.25) is 0 Å². The molecule has 9 heteroatoms. The molecule has 5 rings (SSSR count). The molecule has 32 heavy (non-hydrogen) atoms. The topological polar surface area (TPSA) is 73.3 Å². The maximum Gasteiger partial charge on any atom is 0.275 e. The molecule has 0 N–H and O–H groups in total. The van der Waals surface area contributed by atoms with Gasteiger partial charge in [-0.2, -0.15) is 0 Å². The van der Waals surface area contributed by atoms with Gasteiger partial charge in [-0.05, 0) is 39.0 Å². The first-order valence-electron chi connectivity index (χ1n) is 10.2. The number of aryl methyl sites for hydroxylation is 1. The van der Waals surface area contributed by atoms with Crippen LogP contribution in [0.15, 0.2) is 52.3 Å². The first kappa shape index (κ1) is 20.5. The number of hydrogen-bond donors (Lipinski definition) is 0. The molecular weight excluding hydrogens is 435 g/mol. The molecule has 1 aromatic carbocycles. The highest BCUT2D eigenvalue weighted by molar-refractivity contribution is 6.31. The fraction of sp³-hybridized carbons (Fsp3) is 0.261. The van der Waals surface area contributed by atoms with E-state index in [2.05, 4.69) is 4.98 Å². The molecule has 0 aliphatic carbocycles. The van der Waals surface area contributed by atoms with Gasteiger partial charge < -0.3 is 18.5 Å². The highest BCUT2D eigenvalue weighted by atomic mass is 35.5. The molecule has 7 nitrogen and oxygen atoms in total. The molecule has 1 aliphatic rings. The predicted octanol–water partition coefficient (Wildman–Crippen LogP) is 4.49. The van der Waals surface area contributed by atoms with Crippen molar-refractivity contribution in [3.05, 3.63) is 81.2 Å². The quantitative estimate of drug-likeness (QED) is 0.457. The van der Waals surface area contributed by atoms with E-state index in [0.717, 1.165) is 11.3 Å². The number of nitrogens with zero attached hydrogens (tertiary/aromatic N) is 4. The lowest BCUT2D eigenvalue weighted by molar-refractivity contribution is 0.0511. The molecule has 164 valence electrons. The molecule has 4 heterocycles. The Balaban J connectivity index is 1.55. The van der Waals surface area contributed by atoms with E-state index in [1.807, 2.05) is 20.8 Å². The van der Waals surface area contributed by atoms with Crippen LogP contribution >= 0.6 is 11.6 Å². The molecule has 2 unspecified atom stereocenters. The minimum Gasteiger partial charge on any atom is -0.464 e. The fourth-order valence-corrected chi connectivity index (χ4v) is 4.61. The zero-order valence-corrected chi connectivity index (χ0v) is 18.4. The highest BCUT2D eigenvalue weighted by Gasteiger charge is 2.35. The average molecular weight is 455 g/mol. The standard InChI is InChI=1S/C23H20ClFN4O3/c1-12-8-27(11-26-12)19-4-5-20-23(31)29(13(2)9-28(20)22(19)30)14(3)16-10-32-21-7-18(25)17(24)6-15(16)21/h4-8,10-11,13-14H,9H2,1-3H3. The molecule has 0 bridgehead atoms. The Bertz CT molecular complexity index is 1440. The van der Waals surface area contributed by atoms with Gasteiger partial charge in [-0.1, -0.05) is 11.6 Å². The number of furan rings is 1. The molecule has 1 amide bonds. The second kappa shape index (κ2) is 7.34. The van der Waals surface area contributed by atoms with Crippen molar-refractivity contribution in [1.82, 2.24) is 19.0 Å². The van der Waals surface area contributed by atoms with E-state index in [1.165, 1.54) is 23.0 Å². The van der Waals surface area contributed by atoms with E-state index in [0.29, 0.717) is 28.9 Å². The average Bonchev–Trinajstić information content (AvgIpc) is 3.35. The number of imidazole rings is 1. The highest BCUT2D eigenvalue weighted by Crippen LogP contribution is 2.35. The van der Waals surface area contributed by atoms with Crippen molar-refractivity contribution in [3.63, 3.8) is 0 Å². The summed E-state index contributed by atoms with van der Waals surface area (Å²) in [6, 6.07) is 5.42. The zero-order valence-electron chi connectivity index (χ0n) is 17.7. The summed E-state index contributed by atoms with van der Waals surface area (Å²) in [5.74, 6) is -0.823. The summed E-state index contributed by atoms with van der Waals surface area (Å²) in [5.41, 5.74) is 2.39. The lowest BCUT2D eigenvalue weighted by Gasteiger charge is -2.39. The number of benzene rings is 1. The Kier molecular flexibility index (Phi) is 4.70. The van der Waals surface area contributed by atoms with Gasteiger partial charge >= 0.3 is 0 Å². The third kappa shape index (κ3) is 3.05. The van der Waals surface area contributed by atoms with Crippen LogP contribution in [0, 0.1) is 12.7 Å². The van der Waals surface area contributed by atoms with Crippen molar-refractivity contribution in [1.29, 1.82) is 0 Å². The second-order valence-electron chi connectivity index (χ2n) is 8.13. The summed E-state index contributed by atoms with van der Waals surface area (Å²) in [6.45, 7) is 5.97. The minimum atomic E-state index is -0.563. The van der Waals surface area contributed by atoms with Crippen LogP contribution in [0.2, 0.25) is 5.02 Å². The van der Waals surface area contributed by atoms with Crippen molar-refractivity contribution in [3.8, 4) is 5.69 Å². The summed E-state index contributed by atoms with van der Waals surface area (Å²) >= 11 is 5.97. The van der Waals surface area contributed by atoms with E-state index in [4.69, 9.17) is 16.0 Å². The summed E-state index contributed by atoms with van der Waals surface area (Å²) < 4.78 is 22.5. The van der Waals surface area contributed by atoms with E-state index >= 15 is 0 Å². The molecule has 0 saturated carbocycles. The van der Waals surface area contributed by atoms with Crippen molar-refractivity contribution in [2.75, 3.05) is 0 Å². The van der Waals surface area contributed by atoms with Crippen molar-refractivity contribution in [2.24, 2.45) is 0 Å². The summed E-state index contributed by atoms with van der Waals surface area (Å²) in [5, 5.41) is 0.641. The van der Waals surface area contributed by atoms with Gasteiger partial charge in [0.15, 0.2) is 0 Å². The van der Waals surface area contributed by atoms with Gasteiger partial charge in [-0.25, -0.2) is 9.37 Å². The number of fused-ring (bicyclic) bond motifs is 2. The third-order valence-corrected chi connectivity index (χ3v) is 6.32. The van der Waals surface area contributed by atoms with E-state index in [9.17, 15) is 14.0 Å². The van der Waals surface area contributed by atoms with Crippen molar-refractivity contribution < 1.29 is 13.6 Å². The number of pyridine rings is 1. The Morgan fingerprint density at radius 2 is 2.06 bits per heavy atom. The minimum absolute atomic E-state index is 0.00969. The Morgan fingerprint density at radius 3 is 2.78 bits per heavy atom. The van der Waals surface area contributed by atoms with Crippen LogP contribution in [0.25, 0.3) is 16.7 Å². The fourth-order valence-electron chi connectivity index (χ4n) is 4.44. The Hall–Kier alpha value is -3.39. The normalized spacial score (nSPS) is 17.1. The van der Waals surface area contributed by atoms with Crippen molar-refractivity contribution >= 4 is 28.5 Å². The van der Waals surface area contributed by atoms with E-state index < -0.39 is 5.82 Å². The zero-order chi connectivity index (χ0) is 22.7. The Labute approximate surface area is 187 Å². The predicted molar refractivity (Wildman–Crippen MR) is 118 cm³/mol. The van der Waals surface area contributed by atoms with Crippen LogP contribution in [0.3, 0.4) is 0 Å². The molecule has 1 aliphatic heterocycles. The number of hydrogen-bond acceptors (Lipinski definition) is 4. The van der Waals surface area contributed by atoms with Gasteiger partial charge in [0.25, 0.3) is 11.5 Å². The second-order valence-corrected chi connectivity index (χ2v) is 8.54. The summed E-state index contributed by atoms with van der Waals surface area (Å²) in [4.78, 5) is 32.5. The lowest BCUT2D eigenvalue weighted by Crippen LogP contribution is -2.50. The molecule has 0 spiro atoms. The molecule has 0 radical (unpaired) electrons. The van der Waals surface area contributed by atoms with E-state index in [-0.39, 0.29) is 28.6 Å². The monoisotopic (exact) mass is 454 g/mol. The third-order valence-electron chi connectivity index (χ3n) is 6.03. The molecule has 2 atom stereocenters. The number of rotatable bonds is 3. The molecule has 0 fully saturated rings. The molecule has 0 saturated heterocycles. The summed E-state index contributed by atoms with van der Waals surface area (Å²) in [7, 11) is 0. The number of halogens is 2. The van der Waals surface area contributed by atoms with Crippen LogP contribution < -0.4 is 5.56 Å². The van der Waals surface area contributed by atoms with Crippen LogP contribution in [-0.4, -0.2) is 31.0 Å². The van der Waals surface area contributed by atoms with Gasteiger partial charge in [0.05, 0.1) is 29.3 Å². The maximum absolute atomic E-state index is 13.8. The number of aromatic nitrogens is 3. The van der Waals surface area contributed by atoms with Gasteiger partial charge in [0, 0.05) is 35.8 Å². The Morgan fingerprint density at radius 1 is 1.28 bits per heavy atom. The molecule has 3 aromatic heterocycles. The SMILES string of the molecule is Cc1cn(-c2ccc3n(c2=O)CC(C)N(C(C)c2coc4cc(F)c(Cl)cc24)C3=O)cn1. The lowest BCUT2D eigenvalue weighted by atomic mass is 10.0. The molecular formula is C23H20ClFN4O3. The molecule has 4 aromatic rings. The first-order valence-corrected chi connectivity index (χ1v) is 10.6. The van der Waals surface area contributed by atoms with Crippen LogP contribution in [0.4, 0.5) is 4.39 Å². The first-order chi connectivity index (χ1) is 15.3. The number of amides is 1. The summed E-state index contributed by atoms with van der Waals surface area (Å²) in [6.07, 6.45) is 4.88. The largest absolute Gasteiger partial charge is 0.464 e. The van der Waals surface area contributed by atoms with Gasteiger partial charge in [-0.15, -0.1) is 0 Å².